The van der Waals surface area contributed by atoms with Gasteiger partial charge in [0, 0.05) is 25.2 Å². The number of hydrogen-bond donors (Lipinski definition) is 3. The number of nitrogens with two attached hydrogens (primary N) is 1. The van der Waals surface area contributed by atoms with Crippen LogP contribution in [0.5, 0.6) is 0 Å². The molecule has 118 valence electrons. The summed E-state index contributed by atoms with van der Waals surface area (Å²) in [7, 11) is 1.99. The molecule has 1 saturated heterocycles. The number of nitrogens with zero attached hydrogens (tertiary/aromatic N) is 4. The number of H-pyrrole nitrogens is 1. The van der Waals surface area contributed by atoms with Crippen molar-refractivity contribution in [2.75, 3.05) is 30.8 Å². The van der Waals surface area contributed by atoms with E-state index in [0.717, 1.165) is 54.4 Å². The standard InChI is InChI=1S/C15H23N7/c1-4-11-9(2)14(21-20-11)12-7-13(19-15(16)18-12)22-6-5-10(8-22)17-3/h7,10,17H,4-6,8H2,1-3H3,(H,20,21)(H2,16,18,19)/t10-/m1/s1. The van der Waals surface area contributed by atoms with E-state index < -0.39 is 0 Å². The molecule has 0 spiro atoms. The SMILES string of the molecule is CCc1n[nH]c(-c2cc(N3CC[C@@H](NC)C3)nc(N)n2)c1C. The first-order valence-electron chi connectivity index (χ1n) is 7.73. The second-order valence-corrected chi connectivity index (χ2v) is 5.71. The fourth-order valence-corrected chi connectivity index (χ4v) is 2.98. The van der Waals surface area contributed by atoms with Gasteiger partial charge in [-0.2, -0.15) is 10.1 Å². The highest BCUT2D eigenvalue weighted by atomic mass is 15.2. The molecule has 1 aliphatic rings. The second-order valence-electron chi connectivity index (χ2n) is 5.71. The van der Waals surface area contributed by atoms with E-state index >= 15 is 0 Å². The molecule has 4 N–H and O–H groups in total. The molecule has 0 amide bonds. The fourth-order valence-electron chi connectivity index (χ4n) is 2.98. The summed E-state index contributed by atoms with van der Waals surface area (Å²) in [4.78, 5) is 11.0. The van der Waals surface area contributed by atoms with Gasteiger partial charge in [0.1, 0.15) is 5.82 Å². The van der Waals surface area contributed by atoms with Crippen molar-refractivity contribution in [1.82, 2.24) is 25.5 Å². The first-order valence-corrected chi connectivity index (χ1v) is 7.73. The minimum absolute atomic E-state index is 0.299. The Morgan fingerprint density at radius 2 is 2.27 bits per heavy atom. The topological polar surface area (TPSA) is 95.8 Å². The number of rotatable bonds is 4. The maximum absolute atomic E-state index is 5.92. The van der Waals surface area contributed by atoms with Crippen LogP contribution >= 0.6 is 0 Å². The average molecular weight is 301 g/mol. The third-order valence-electron chi connectivity index (χ3n) is 4.35. The lowest BCUT2D eigenvalue weighted by molar-refractivity contribution is 0.616. The van der Waals surface area contributed by atoms with Crippen LogP contribution in [0.3, 0.4) is 0 Å². The highest BCUT2D eigenvalue weighted by Gasteiger charge is 2.23. The summed E-state index contributed by atoms with van der Waals surface area (Å²) < 4.78 is 0. The number of aromatic nitrogens is 4. The Bertz CT molecular complexity index is 664. The fraction of sp³-hybridized carbons (Fsp3) is 0.533. The molecule has 0 aromatic carbocycles. The smallest absolute Gasteiger partial charge is 0.222 e. The Morgan fingerprint density at radius 3 is 2.91 bits per heavy atom. The molecule has 2 aromatic rings. The van der Waals surface area contributed by atoms with Gasteiger partial charge in [-0.3, -0.25) is 5.10 Å². The molecule has 0 saturated carbocycles. The average Bonchev–Trinajstić information content (AvgIpc) is 3.12. The molecule has 0 aliphatic carbocycles. The van der Waals surface area contributed by atoms with Gasteiger partial charge in [0.05, 0.1) is 17.1 Å². The minimum Gasteiger partial charge on any atom is -0.368 e. The van der Waals surface area contributed by atoms with Crippen LogP contribution in [0, 0.1) is 6.92 Å². The predicted molar refractivity (Wildman–Crippen MR) is 87.8 cm³/mol. The van der Waals surface area contributed by atoms with E-state index in [1.165, 1.54) is 0 Å². The summed E-state index contributed by atoms with van der Waals surface area (Å²) in [5.74, 6) is 1.18. The summed E-state index contributed by atoms with van der Waals surface area (Å²) in [6, 6.07) is 2.49. The van der Waals surface area contributed by atoms with Crippen LogP contribution in [-0.4, -0.2) is 46.3 Å². The molecule has 1 aliphatic heterocycles. The van der Waals surface area contributed by atoms with Gasteiger partial charge in [-0.25, -0.2) is 4.98 Å². The van der Waals surface area contributed by atoms with E-state index in [0.29, 0.717) is 12.0 Å². The molecule has 22 heavy (non-hydrogen) atoms. The molecule has 7 heteroatoms. The Kier molecular flexibility index (Phi) is 3.98. The van der Waals surface area contributed by atoms with Gasteiger partial charge in [-0.1, -0.05) is 6.92 Å². The third-order valence-corrected chi connectivity index (χ3v) is 4.35. The van der Waals surface area contributed by atoms with Crippen molar-refractivity contribution in [2.24, 2.45) is 0 Å². The molecule has 0 unspecified atom stereocenters. The molecule has 1 fully saturated rings. The zero-order valence-corrected chi connectivity index (χ0v) is 13.3. The van der Waals surface area contributed by atoms with E-state index in [2.05, 4.69) is 44.2 Å². The van der Waals surface area contributed by atoms with Gasteiger partial charge in [0.15, 0.2) is 0 Å². The molecule has 0 bridgehead atoms. The lowest BCUT2D eigenvalue weighted by atomic mass is 10.1. The maximum Gasteiger partial charge on any atom is 0.222 e. The van der Waals surface area contributed by atoms with Crippen LogP contribution in [0.1, 0.15) is 24.6 Å². The number of aryl methyl sites for hydroxylation is 1. The first kappa shape index (κ1) is 14.8. The number of hydrogen-bond acceptors (Lipinski definition) is 6. The van der Waals surface area contributed by atoms with Crippen LogP contribution in [0.25, 0.3) is 11.4 Å². The van der Waals surface area contributed by atoms with Gasteiger partial charge in [-0.15, -0.1) is 0 Å². The van der Waals surface area contributed by atoms with Crippen LogP contribution in [-0.2, 0) is 6.42 Å². The molecular formula is C15H23N7. The third kappa shape index (κ3) is 2.64. The highest BCUT2D eigenvalue weighted by molar-refractivity contribution is 5.65. The molecule has 3 rings (SSSR count). The van der Waals surface area contributed by atoms with Crippen molar-refractivity contribution in [3.63, 3.8) is 0 Å². The van der Waals surface area contributed by atoms with Crippen LogP contribution in [0.15, 0.2) is 6.07 Å². The van der Waals surface area contributed by atoms with Gasteiger partial charge < -0.3 is 16.0 Å². The van der Waals surface area contributed by atoms with Crippen molar-refractivity contribution in [3.8, 4) is 11.4 Å². The molecule has 1 atom stereocenters. The summed E-state index contributed by atoms with van der Waals surface area (Å²) in [6.45, 7) is 6.06. The quantitative estimate of drug-likeness (QED) is 0.783. The van der Waals surface area contributed by atoms with E-state index in [4.69, 9.17) is 5.73 Å². The lowest BCUT2D eigenvalue weighted by Gasteiger charge is -2.18. The number of aromatic amines is 1. The zero-order valence-electron chi connectivity index (χ0n) is 13.3. The summed E-state index contributed by atoms with van der Waals surface area (Å²) in [6.07, 6.45) is 2.00. The molecular weight excluding hydrogens is 278 g/mol. The zero-order chi connectivity index (χ0) is 15.7. The van der Waals surface area contributed by atoms with Crippen molar-refractivity contribution < 1.29 is 0 Å². The Morgan fingerprint density at radius 1 is 1.45 bits per heavy atom. The molecule has 3 heterocycles. The van der Waals surface area contributed by atoms with Crippen LogP contribution in [0.4, 0.5) is 11.8 Å². The van der Waals surface area contributed by atoms with Crippen molar-refractivity contribution >= 4 is 11.8 Å². The van der Waals surface area contributed by atoms with Crippen LogP contribution < -0.4 is 16.0 Å². The number of nitrogens with one attached hydrogen (secondary N) is 2. The number of anilines is 2. The summed E-state index contributed by atoms with van der Waals surface area (Å²) in [5.41, 5.74) is 9.84. The normalized spacial score (nSPS) is 18.1. The minimum atomic E-state index is 0.299. The maximum atomic E-state index is 5.92. The Balaban J connectivity index is 1.94. The van der Waals surface area contributed by atoms with Gasteiger partial charge >= 0.3 is 0 Å². The van der Waals surface area contributed by atoms with E-state index in [1.807, 2.05) is 13.1 Å². The monoisotopic (exact) mass is 301 g/mol. The van der Waals surface area contributed by atoms with E-state index in [-0.39, 0.29) is 0 Å². The first-order chi connectivity index (χ1) is 10.6. The lowest BCUT2D eigenvalue weighted by Crippen LogP contribution is -2.30. The predicted octanol–water partition coefficient (Wildman–Crippen LogP) is 1.12. The molecule has 0 radical (unpaired) electrons. The second kappa shape index (κ2) is 5.92. The highest BCUT2D eigenvalue weighted by Crippen LogP contribution is 2.27. The molecule has 7 nitrogen and oxygen atoms in total. The summed E-state index contributed by atoms with van der Waals surface area (Å²) in [5, 5.41) is 10.7. The number of nitrogen functional groups attached to an aromatic ring is 1. The van der Waals surface area contributed by atoms with Crippen LogP contribution in [0.2, 0.25) is 0 Å². The molecule has 2 aromatic heterocycles. The van der Waals surface area contributed by atoms with Crippen molar-refractivity contribution in [3.05, 3.63) is 17.3 Å². The van der Waals surface area contributed by atoms with E-state index in [1.54, 1.807) is 0 Å². The van der Waals surface area contributed by atoms with Gasteiger partial charge in [0.2, 0.25) is 5.95 Å². The number of likely N-dealkylation sites (N-methyl/N-ethyl adjacent to an activating group) is 1. The largest absolute Gasteiger partial charge is 0.368 e. The Labute approximate surface area is 130 Å². The van der Waals surface area contributed by atoms with Crippen molar-refractivity contribution in [2.45, 2.75) is 32.7 Å². The van der Waals surface area contributed by atoms with Gasteiger partial charge in [-0.05, 0) is 32.4 Å². The Hall–Kier alpha value is -2.15. The van der Waals surface area contributed by atoms with Crippen molar-refractivity contribution in [1.29, 1.82) is 0 Å². The summed E-state index contributed by atoms with van der Waals surface area (Å²) >= 11 is 0. The van der Waals surface area contributed by atoms with E-state index in [9.17, 15) is 0 Å². The van der Waals surface area contributed by atoms with Gasteiger partial charge in [0.25, 0.3) is 0 Å².